The molecule has 1 N–H and O–H groups in total. The zero-order chi connectivity index (χ0) is 14.8. The van der Waals surface area contributed by atoms with Gasteiger partial charge in [0.25, 0.3) is 0 Å². The maximum absolute atomic E-state index is 10.7. The van der Waals surface area contributed by atoms with Gasteiger partial charge >= 0.3 is 5.82 Å². The van der Waals surface area contributed by atoms with Gasteiger partial charge in [0.05, 0.1) is 10.6 Å². The van der Waals surface area contributed by atoms with Crippen molar-refractivity contribution in [3.05, 3.63) is 63.1 Å². The number of H-pyrrole nitrogens is 1. The highest BCUT2D eigenvalue weighted by atomic mass is 35.5. The predicted molar refractivity (Wildman–Crippen MR) is 78.0 cm³/mol. The first-order chi connectivity index (χ1) is 10.1. The van der Waals surface area contributed by atoms with E-state index in [2.05, 4.69) is 26.8 Å². The Morgan fingerprint density at radius 3 is 2.95 bits per heavy atom. The Labute approximate surface area is 124 Å². The minimum Gasteiger partial charge on any atom is -0.358 e. The van der Waals surface area contributed by atoms with Gasteiger partial charge in [-0.1, -0.05) is 17.5 Å². The molecule has 0 bridgehead atoms. The first-order valence-corrected chi connectivity index (χ1v) is 6.28. The average Bonchev–Trinajstić information content (AvgIpc) is 2.96. The molecular weight excluding hydrogens is 292 g/mol. The van der Waals surface area contributed by atoms with Crippen molar-refractivity contribution >= 4 is 28.5 Å². The predicted octanol–water partition coefficient (Wildman–Crippen LogP) is 2.92. The van der Waals surface area contributed by atoms with Crippen LogP contribution in [0.1, 0.15) is 11.3 Å². The third-order valence-corrected chi connectivity index (χ3v) is 3.17. The molecule has 0 aromatic carbocycles. The summed E-state index contributed by atoms with van der Waals surface area (Å²) in [5.41, 5.74) is 1.52. The molecule has 0 radical (unpaired) electrons. The molecule has 0 atom stereocenters. The van der Waals surface area contributed by atoms with Gasteiger partial charge in [-0.3, -0.25) is 0 Å². The summed E-state index contributed by atoms with van der Waals surface area (Å²) in [6, 6.07) is 6.24. The fraction of sp³-hybridized carbons (Fsp3) is 0. The van der Waals surface area contributed by atoms with Gasteiger partial charge < -0.3 is 15.1 Å². The molecule has 0 saturated heterocycles. The van der Waals surface area contributed by atoms with Gasteiger partial charge in [-0.25, -0.2) is 4.98 Å². The van der Waals surface area contributed by atoms with Crippen LogP contribution in [-0.2, 0) is 0 Å². The van der Waals surface area contributed by atoms with Crippen molar-refractivity contribution in [1.82, 2.24) is 15.0 Å². The number of halogens is 1. The molecule has 3 aromatic heterocycles. The highest BCUT2D eigenvalue weighted by Gasteiger charge is 2.08. The number of aromatic nitrogens is 3. The zero-order valence-electron chi connectivity index (χ0n) is 10.5. The van der Waals surface area contributed by atoms with Gasteiger partial charge in [0.15, 0.2) is 0 Å². The van der Waals surface area contributed by atoms with Crippen LogP contribution in [0.25, 0.3) is 11.0 Å². The van der Waals surface area contributed by atoms with E-state index in [-0.39, 0.29) is 5.82 Å². The Balaban J connectivity index is 2.01. The fourth-order valence-corrected chi connectivity index (χ4v) is 2.04. The maximum atomic E-state index is 10.7. The lowest BCUT2D eigenvalue weighted by molar-refractivity contribution is -0.389. The molecule has 0 aliphatic heterocycles. The summed E-state index contributed by atoms with van der Waals surface area (Å²) >= 11 is 6.24. The Morgan fingerprint density at radius 1 is 1.29 bits per heavy atom. The molecule has 102 valence electrons. The van der Waals surface area contributed by atoms with Crippen molar-refractivity contribution < 1.29 is 4.92 Å². The first kappa shape index (κ1) is 13.1. The van der Waals surface area contributed by atoms with Crippen molar-refractivity contribution in [3.63, 3.8) is 0 Å². The second kappa shape index (κ2) is 5.23. The van der Waals surface area contributed by atoms with Gasteiger partial charge in [0.1, 0.15) is 5.65 Å². The molecule has 3 heterocycles. The number of rotatable bonds is 1. The SMILES string of the molecule is O=[N+]([O-])c1cccc(C#Cc2cnc3[nH]ccc3c2Cl)n1. The molecule has 6 nitrogen and oxygen atoms in total. The van der Waals surface area contributed by atoms with Crippen molar-refractivity contribution in [3.8, 4) is 11.8 Å². The normalized spacial score (nSPS) is 10.1. The lowest BCUT2D eigenvalue weighted by atomic mass is 10.2. The summed E-state index contributed by atoms with van der Waals surface area (Å²) in [6.07, 6.45) is 3.29. The van der Waals surface area contributed by atoms with Crippen molar-refractivity contribution in [2.75, 3.05) is 0 Å². The number of hydrogen-bond acceptors (Lipinski definition) is 4. The fourth-order valence-electron chi connectivity index (χ4n) is 1.79. The number of pyridine rings is 2. The standard InChI is InChI=1S/C14H7ClN4O2/c15-13-9(8-17-14-11(13)6-7-16-14)4-5-10-2-1-3-12(18-10)19(20)21/h1-3,6-8H,(H,16,17). The van der Waals surface area contributed by atoms with Crippen LogP contribution in [0.5, 0.6) is 0 Å². The van der Waals surface area contributed by atoms with Crippen LogP contribution in [-0.4, -0.2) is 19.9 Å². The minimum absolute atomic E-state index is 0.243. The summed E-state index contributed by atoms with van der Waals surface area (Å²) in [6.45, 7) is 0. The van der Waals surface area contributed by atoms with E-state index in [0.717, 1.165) is 5.39 Å². The summed E-state index contributed by atoms with van der Waals surface area (Å²) < 4.78 is 0. The van der Waals surface area contributed by atoms with Gasteiger partial charge in [-0.05, 0) is 34.0 Å². The molecule has 0 fully saturated rings. The quantitative estimate of drug-likeness (QED) is 0.425. The highest BCUT2D eigenvalue weighted by Crippen LogP contribution is 2.24. The van der Waals surface area contributed by atoms with Crippen LogP contribution in [0.2, 0.25) is 5.02 Å². The molecule has 21 heavy (non-hydrogen) atoms. The number of nitro groups is 1. The van der Waals surface area contributed by atoms with E-state index in [1.54, 1.807) is 18.5 Å². The van der Waals surface area contributed by atoms with E-state index in [1.807, 2.05) is 6.07 Å². The number of nitrogens with one attached hydrogen (secondary N) is 1. The number of nitrogens with zero attached hydrogens (tertiary/aromatic N) is 3. The lowest BCUT2D eigenvalue weighted by Crippen LogP contribution is -1.93. The Bertz CT molecular complexity index is 908. The number of aromatic amines is 1. The Morgan fingerprint density at radius 2 is 2.14 bits per heavy atom. The Kier molecular flexibility index (Phi) is 3.26. The van der Waals surface area contributed by atoms with E-state index >= 15 is 0 Å². The molecule has 3 aromatic rings. The van der Waals surface area contributed by atoms with Crippen LogP contribution < -0.4 is 0 Å². The zero-order valence-corrected chi connectivity index (χ0v) is 11.3. The van der Waals surface area contributed by atoms with Crippen molar-refractivity contribution in [2.45, 2.75) is 0 Å². The van der Waals surface area contributed by atoms with Crippen LogP contribution in [0, 0.1) is 22.0 Å². The lowest BCUT2D eigenvalue weighted by Gasteiger charge is -1.96. The van der Waals surface area contributed by atoms with E-state index in [1.165, 1.54) is 12.1 Å². The Hall–Kier alpha value is -2.91. The molecule has 0 aliphatic carbocycles. The molecular formula is C14H7ClN4O2. The van der Waals surface area contributed by atoms with Crippen LogP contribution >= 0.6 is 11.6 Å². The van der Waals surface area contributed by atoms with Crippen molar-refractivity contribution in [2.24, 2.45) is 0 Å². The van der Waals surface area contributed by atoms with E-state index in [4.69, 9.17) is 11.6 Å². The van der Waals surface area contributed by atoms with Crippen molar-refractivity contribution in [1.29, 1.82) is 0 Å². The summed E-state index contributed by atoms with van der Waals surface area (Å²) in [5.74, 6) is 5.34. The maximum Gasteiger partial charge on any atom is 0.364 e. The van der Waals surface area contributed by atoms with Gasteiger partial charge in [-0.15, -0.1) is 0 Å². The van der Waals surface area contributed by atoms with Gasteiger partial charge in [-0.2, -0.15) is 0 Å². The minimum atomic E-state index is -0.564. The summed E-state index contributed by atoms with van der Waals surface area (Å²) in [7, 11) is 0. The molecule has 0 unspecified atom stereocenters. The van der Waals surface area contributed by atoms with E-state index < -0.39 is 4.92 Å². The monoisotopic (exact) mass is 298 g/mol. The summed E-state index contributed by atoms with van der Waals surface area (Å²) in [4.78, 5) is 21.1. The molecule has 7 heteroatoms. The highest BCUT2D eigenvalue weighted by molar-refractivity contribution is 6.36. The smallest absolute Gasteiger partial charge is 0.358 e. The molecule has 0 aliphatic rings. The molecule has 0 saturated carbocycles. The van der Waals surface area contributed by atoms with E-state index in [9.17, 15) is 10.1 Å². The van der Waals surface area contributed by atoms with Crippen LogP contribution in [0.4, 0.5) is 5.82 Å². The van der Waals surface area contributed by atoms with Crippen LogP contribution in [0.3, 0.4) is 0 Å². The van der Waals surface area contributed by atoms with Crippen LogP contribution in [0.15, 0.2) is 36.7 Å². The largest absolute Gasteiger partial charge is 0.364 e. The molecule has 0 amide bonds. The second-order valence-corrected chi connectivity index (χ2v) is 4.49. The van der Waals surface area contributed by atoms with Gasteiger partial charge in [0, 0.05) is 23.8 Å². The topological polar surface area (TPSA) is 84.7 Å². The molecule has 3 rings (SSSR count). The van der Waals surface area contributed by atoms with E-state index in [0.29, 0.717) is 21.9 Å². The first-order valence-electron chi connectivity index (χ1n) is 5.90. The summed E-state index contributed by atoms with van der Waals surface area (Å²) in [5, 5.41) is 11.9. The third-order valence-electron chi connectivity index (χ3n) is 2.77. The number of hydrogen-bond donors (Lipinski definition) is 1. The number of fused-ring (bicyclic) bond motifs is 1. The van der Waals surface area contributed by atoms with Gasteiger partial charge in [0.2, 0.25) is 5.69 Å². The molecule has 0 spiro atoms. The second-order valence-electron chi connectivity index (χ2n) is 4.11. The average molecular weight is 299 g/mol. The third kappa shape index (κ3) is 2.55.